The zero-order chi connectivity index (χ0) is 15.2. The molecule has 0 fully saturated rings. The summed E-state index contributed by atoms with van der Waals surface area (Å²) in [5.41, 5.74) is 1.70. The number of halogens is 1. The molecule has 0 amide bonds. The van der Waals surface area contributed by atoms with E-state index < -0.39 is 6.04 Å². The Morgan fingerprint density at radius 2 is 1.86 bits per heavy atom. The van der Waals surface area contributed by atoms with Crippen LogP contribution in [-0.2, 0) is 0 Å². The van der Waals surface area contributed by atoms with Gasteiger partial charge in [0.25, 0.3) is 0 Å². The summed E-state index contributed by atoms with van der Waals surface area (Å²) >= 11 is 5.95. The van der Waals surface area contributed by atoms with Crippen molar-refractivity contribution < 1.29 is 4.74 Å². The van der Waals surface area contributed by atoms with Gasteiger partial charge in [0.1, 0.15) is 11.8 Å². The van der Waals surface area contributed by atoms with Crippen molar-refractivity contribution >= 4 is 17.3 Å². The van der Waals surface area contributed by atoms with E-state index in [0.29, 0.717) is 5.02 Å². The second-order valence-corrected chi connectivity index (χ2v) is 5.39. The molecule has 0 saturated heterocycles. The number of anilines is 1. The van der Waals surface area contributed by atoms with Crippen molar-refractivity contribution in [2.45, 2.75) is 26.0 Å². The highest BCUT2D eigenvalue weighted by Crippen LogP contribution is 2.23. The largest absolute Gasteiger partial charge is 0.491 e. The van der Waals surface area contributed by atoms with Gasteiger partial charge in [-0.2, -0.15) is 5.26 Å². The van der Waals surface area contributed by atoms with Crippen molar-refractivity contribution in [2.75, 3.05) is 5.32 Å². The molecule has 0 aliphatic heterocycles. The second-order valence-electron chi connectivity index (χ2n) is 4.95. The fourth-order valence-corrected chi connectivity index (χ4v) is 2.14. The predicted molar refractivity (Wildman–Crippen MR) is 85.6 cm³/mol. The quantitative estimate of drug-likeness (QED) is 0.862. The first kappa shape index (κ1) is 15.2. The number of hydrogen-bond acceptors (Lipinski definition) is 3. The van der Waals surface area contributed by atoms with E-state index in [0.717, 1.165) is 17.0 Å². The SMILES string of the molecule is CC(C)Oc1ccc(C(C#N)Nc2cccc(Cl)c2)cc1. The van der Waals surface area contributed by atoms with Crippen LogP contribution < -0.4 is 10.1 Å². The van der Waals surface area contributed by atoms with E-state index in [2.05, 4.69) is 11.4 Å². The number of rotatable bonds is 5. The molecular formula is C17H17ClN2O. The minimum absolute atomic E-state index is 0.132. The van der Waals surface area contributed by atoms with Crippen LogP contribution in [0, 0.1) is 11.3 Å². The molecule has 21 heavy (non-hydrogen) atoms. The second kappa shape index (κ2) is 7.01. The molecule has 108 valence electrons. The Kier molecular flexibility index (Phi) is 5.08. The van der Waals surface area contributed by atoms with Crippen LogP contribution in [0.15, 0.2) is 48.5 Å². The average molecular weight is 301 g/mol. The van der Waals surface area contributed by atoms with Gasteiger partial charge in [0.2, 0.25) is 0 Å². The maximum Gasteiger partial charge on any atom is 0.140 e. The van der Waals surface area contributed by atoms with Crippen LogP contribution in [0.1, 0.15) is 25.5 Å². The molecule has 0 heterocycles. The lowest BCUT2D eigenvalue weighted by atomic mass is 10.1. The monoisotopic (exact) mass is 300 g/mol. The van der Waals surface area contributed by atoms with Gasteiger partial charge < -0.3 is 10.1 Å². The summed E-state index contributed by atoms with van der Waals surface area (Å²) in [6.45, 7) is 3.96. The van der Waals surface area contributed by atoms with Crippen molar-refractivity contribution in [1.29, 1.82) is 5.26 Å². The number of benzene rings is 2. The number of ether oxygens (including phenoxy) is 1. The Morgan fingerprint density at radius 3 is 2.43 bits per heavy atom. The summed E-state index contributed by atoms with van der Waals surface area (Å²) in [5, 5.41) is 13.1. The number of nitrogens with one attached hydrogen (secondary N) is 1. The summed E-state index contributed by atoms with van der Waals surface area (Å²) in [6, 6.07) is 16.7. The van der Waals surface area contributed by atoms with E-state index in [9.17, 15) is 5.26 Å². The zero-order valence-corrected chi connectivity index (χ0v) is 12.8. The third-order valence-electron chi connectivity index (χ3n) is 2.85. The van der Waals surface area contributed by atoms with Crippen molar-refractivity contribution in [3.63, 3.8) is 0 Å². The molecule has 1 unspecified atom stereocenters. The number of hydrogen-bond donors (Lipinski definition) is 1. The minimum atomic E-state index is -0.434. The summed E-state index contributed by atoms with van der Waals surface area (Å²) in [4.78, 5) is 0. The van der Waals surface area contributed by atoms with E-state index >= 15 is 0 Å². The third-order valence-corrected chi connectivity index (χ3v) is 3.09. The van der Waals surface area contributed by atoms with Crippen molar-refractivity contribution in [3.05, 3.63) is 59.1 Å². The standard InChI is InChI=1S/C17H17ClN2O/c1-12(2)21-16-8-6-13(7-9-16)17(11-19)20-15-5-3-4-14(18)10-15/h3-10,12,17,20H,1-2H3. The van der Waals surface area contributed by atoms with Gasteiger partial charge in [0.15, 0.2) is 0 Å². The fraction of sp³-hybridized carbons (Fsp3) is 0.235. The normalized spacial score (nSPS) is 11.8. The molecule has 1 N–H and O–H groups in total. The molecule has 0 bridgehead atoms. The van der Waals surface area contributed by atoms with Gasteiger partial charge in [-0.25, -0.2) is 0 Å². The van der Waals surface area contributed by atoms with Crippen LogP contribution in [0.4, 0.5) is 5.69 Å². The Balaban J connectivity index is 2.12. The molecule has 0 aliphatic rings. The lowest BCUT2D eigenvalue weighted by Crippen LogP contribution is -2.09. The topological polar surface area (TPSA) is 45.0 Å². The predicted octanol–water partition coefficient (Wildman–Crippen LogP) is 4.80. The van der Waals surface area contributed by atoms with Gasteiger partial charge in [-0.1, -0.05) is 29.8 Å². The Hall–Kier alpha value is -2.18. The van der Waals surface area contributed by atoms with Gasteiger partial charge >= 0.3 is 0 Å². The Bertz CT molecular complexity index is 632. The van der Waals surface area contributed by atoms with E-state index in [1.165, 1.54) is 0 Å². The van der Waals surface area contributed by atoms with Crippen molar-refractivity contribution in [2.24, 2.45) is 0 Å². The lowest BCUT2D eigenvalue weighted by molar-refractivity contribution is 0.242. The van der Waals surface area contributed by atoms with Crippen LogP contribution >= 0.6 is 11.6 Å². The lowest BCUT2D eigenvalue weighted by Gasteiger charge is -2.15. The first-order chi connectivity index (χ1) is 10.1. The average Bonchev–Trinajstić information content (AvgIpc) is 2.45. The summed E-state index contributed by atoms with van der Waals surface area (Å²) in [7, 11) is 0. The highest BCUT2D eigenvalue weighted by atomic mass is 35.5. The molecular weight excluding hydrogens is 284 g/mol. The molecule has 2 aromatic rings. The maximum absolute atomic E-state index is 9.35. The molecule has 0 radical (unpaired) electrons. The maximum atomic E-state index is 9.35. The van der Waals surface area contributed by atoms with Crippen LogP contribution in [0.25, 0.3) is 0 Å². The van der Waals surface area contributed by atoms with Gasteiger partial charge in [0, 0.05) is 10.7 Å². The zero-order valence-electron chi connectivity index (χ0n) is 12.0. The Morgan fingerprint density at radius 1 is 1.14 bits per heavy atom. The molecule has 0 saturated carbocycles. The molecule has 3 nitrogen and oxygen atoms in total. The van der Waals surface area contributed by atoms with E-state index in [-0.39, 0.29) is 6.10 Å². The highest BCUT2D eigenvalue weighted by molar-refractivity contribution is 6.30. The van der Waals surface area contributed by atoms with Crippen LogP contribution in [0.2, 0.25) is 5.02 Å². The number of nitriles is 1. The number of nitrogens with zero attached hydrogens (tertiary/aromatic N) is 1. The van der Waals surface area contributed by atoms with Crippen LogP contribution in [0.3, 0.4) is 0 Å². The van der Waals surface area contributed by atoms with Gasteiger partial charge in [-0.05, 0) is 49.7 Å². The van der Waals surface area contributed by atoms with Gasteiger partial charge in [0.05, 0.1) is 12.2 Å². The molecule has 0 spiro atoms. The fourth-order valence-electron chi connectivity index (χ4n) is 1.95. The van der Waals surface area contributed by atoms with E-state index in [1.54, 1.807) is 12.1 Å². The molecule has 0 aromatic heterocycles. The highest BCUT2D eigenvalue weighted by Gasteiger charge is 2.10. The van der Waals surface area contributed by atoms with Gasteiger partial charge in [-0.15, -0.1) is 0 Å². The summed E-state index contributed by atoms with van der Waals surface area (Å²) < 4.78 is 5.60. The van der Waals surface area contributed by atoms with Crippen molar-refractivity contribution in [3.8, 4) is 11.8 Å². The molecule has 1 atom stereocenters. The summed E-state index contributed by atoms with van der Waals surface area (Å²) in [5.74, 6) is 0.799. The first-order valence-corrected chi connectivity index (χ1v) is 7.14. The van der Waals surface area contributed by atoms with Gasteiger partial charge in [-0.3, -0.25) is 0 Å². The summed E-state index contributed by atoms with van der Waals surface area (Å²) in [6.07, 6.45) is 0.132. The molecule has 2 rings (SSSR count). The van der Waals surface area contributed by atoms with E-state index in [1.807, 2.05) is 50.2 Å². The van der Waals surface area contributed by atoms with Crippen molar-refractivity contribution in [1.82, 2.24) is 0 Å². The van der Waals surface area contributed by atoms with Crippen LogP contribution in [0.5, 0.6) is 5.75 Å². The first-order valence-electron chi connectivity index (χ1n) is 6.77. The molecule has 2 aromatic carbocycles. The smallest absolute Gasteiger partial charge is 0.140 e. The Labute approximate surface area is 130 Å². The van der Waals surface area contributed by atoms with E-state index in [4.69, 9.17) is 16.3 Å². The minimum Gasteiger partial charge on any atom is -0.491 e. The third kappa shape index (κ3) is 4.40. The molecule has 4 heteroatoms. The molecule has 0 aliphatic carbocycles. The van der Waals surface area contributed by atoms with Crippen LogP contribution in [-0.4, -0.2) is 6.10 Å².